The lowest BCUT2D eigenvalue weighted by Gasteiger charge is -2.29. The molecule has 152 valence electrons. The molecule has 7 heteroatoms. The van der Waals surface area contributed by atoms with Crippen LogP contribution in [0.2, 0.25) is 0 Å². The fourth-order valence-electron chi connectivity index (χ4n) is 3.59. The van der Waals surface area contributed by atoms with Crippen molar-refractivity contribution in [1.82, 2.24) is 15.3 Å². The molecular weight excluding hydrogens is 357 g/mol. The van der Waals surface area contributed by atoms with Crippen molar-refractivity contribution in [2.45, 2.75) is 38.3 Å². The maximum Gasteiger partial charge on any atom is 0.224 e. The van der Waals surface area contributed by atoms with Gasteiger partial charge in [-0.25, -0.2) is 9.37 Å². The molecule has 1 aliphatic rings. The number of anilines is 2. The van der Waals surface area contributed by atoms with Crippen LogP contribution in [0.5, 0.6) is 5.75 Å². The average Bonchev–Trinajstić information content (AvgIpc) is 2.71. The van der Waals surface area contributed by atoms with Gasteiger partial charge in [0.25, 0.3) is 0 Å². The highest BCUT2D eigenvalue weighted by Crippen LogP contribution is 2.26. The fraction of sp³-hybridized carbons (Fsp3) is 0.524. The maximum absolute atomic E-state index is 13.9. The lowest BCUT2D eigenvalue weighted by atomic mass is 9.86. The van der Waals surface area contributed by atoms with Gasteiger partial charge >= 0.3 is 0 Å². The van der Waals surface area contributed by atoms with E-state index < -0.39 is 0 Å². The molecule has 6 nitrogen and oxygen atoms in total. The van der Waals surface area contributed by atoms with Crippen LogP contribution in [-0.2, 0) is 6.54 Å². The highest BCUT2D eigenvalue weighted by Gasteiger charge is 2.21. The predicted molar refractivity (Wildman–Crippen MR) is 110 cm³/mol. The van der Waals surface area contributed by atoms with Gasteiger partial charge in [-0.15, -0.1) is 0 Å². The maximum atomic E-state index is 13.9. The van der Waals surface area contributed by atoms with Gasteiger partial charge in [-0.05, 0) is 62.4 Å². The molecule has 0 aliphatic heterocycles. The number of aromatic nitrogens is 2. The van der Waals surface area contributed by atoms with E-state index in [1.807, 2.05) is 25.1 Å². The first kappa shape index (κ1) is 20.3. The van der Waals surface area contributed by atoms with Crippen molar-refractivity contribution in [2.24, 2.45) is 5.92 Å². The molecule has 0 spiro atoms. The number of methoxy groups -OCH3 is 1. The first-order valence-electron chi connectivity index (χ1n) is 9.85. The van der Waals surface area contributed by atoms with Crippen LogP contribution in [0.15, 0.2) is 30.5 Å². The number of nitrogens with one attached hydrogen (secondary N) is 2. The second kappa shape index (κ2) is 9.68. The van der Waals surface area contributed by atoms with Crippen LogP contribution in [0.25, 0.3) is 0 Å². The summed E-state index contributed by atoms with van der Waals surface area (Å²) in [6.45, 7) is 1.42. The number of ether oxygens (including phenoxy) is 1. The standard InChI is InChI=1S/C21H30FN5O/c1-27(2)20-10-11-24-21(26-20)25-17-6-4-15(5-7-17)13-23-14-16-12-18(28-3)8-9-19(16)22/h8-12,15,17,23H,4-7,13-14H2,1-3H3,(H,24,25,26)/t15-,17+. The number of benzene rings is 1. The minimum absolute atomic E-state index is 0.193. The quantitative estimate of drug-likeness (QED) is 0.723. The van der Waals surface area contributed by atoms with E-state index in [9.17, 15) is 4.39 Å². The summed E-state index contributed by atoms with van der Waals surface area (Å²) in [4.78, 5) is 10.8. The predicted octanol–water partition coefficient (Wildman–Crippen LogP) is 3.45. The molecule has 1 aromatic heterocycles. The second-order valence-electron chi connectivity index (χ2n) is 7.58. The summed E-state index contributed by atoms with van der Waals surface area (Å²) in [5.41, 5.74) is 0.646. The average molecular weight is 388 g/mol. The molecule has 3 rings (SSSR count). The topological polar surface area (TPSA) is 62.3 Å². The van der Waals surface area contributed by atoms with Gasteiger partial charge in [-0.2, -0.15) is 4.98 Å². The first-order chi connectivity index (χ1) is 13.5. The normalized spacial score (nSPS) is 19.3. The van der Waals surface area contributed by atoms with Crippen LogP contribution in [0.4, 0.5) is 16.2 Å². The van der Waals surface area contributed by atoms with Gasteiger partial charge < -0.3 is 20.3 Å². The Morgan fingerprint density at radius 2 is 1.96 bits per heavy atom. The smallest absolute Gasteiger partial charge is 0.224 e. The Morgan fingerprint density at radius 3 is 2.68 bits per heavy atom. The third-order valence-electron chi connectivity index (χ3n) is 5.28. The van der Waals surface area contributed by atoms with Crippen LogP contribution in [-0.4, -0.2) is 43.8 Å². The molecule has 2 N–H and O–H groups in total. The van der Waals surface area contributed by atoms with Crippen LogP contribution in [0.1, 0.15) is 31.2 Å². The molecular formula is C21H30FN5O. The molecule has 1 fully saturated rings. The zero-order valence-electron chi connectivity index (χ0n) is 16.9. The Hall–Kier alpha value is -2.41. The van der Waals surface area contributed by atoms with E-state index in [0.717, 1.165) is 38.0 Å². The molecule has 2 aromatic rings. The molecule has 1 heterocycles. The Morgan fingerprint density at radius 1 is 1.18 bits per heavy atom. The van der Waals surface area contributed by atoms with Crippen molar-refractivity contribution in [3.05, 3.63) is 41.8 Å². The summed E-state index contributed by atoms with van der Waals surface area (Å²) < 4.78 is 19.1. The second-order valence-corrected chi connectivity index (χ2v) is 7.58. The Kier molecular flexibility index (Phi) is 7.03. The molecule has 0 bridgehead atoms. The highest BCUT2D eigenvalue weighted by molar-refractivity contribution is 5.41. The molecule has 0 amide bonds. The van der Waals surface area contributed by atoms with Gasteiger partial charge in [0.05, 0.1) is 7.11 Å². The van der Waals surface area contributed by atoms with Crippen molar-refractivity contribution in [2.75, 3.05) is 38.0 Å². The van der Waals surface area contributed by atoms with Crippen molar-refractivity contribution < 1.29 is 9.13 Å². The summed E-state index contributed by atoms with van der Waals surface area (Å²) in [5.74, 6) is 2.70. The zero-order valence-corrected chi connectivity index (χ0v) is 16.9. The molecule has 0 unspecified atom stereocenters. The summed E-state index contributed by atoms with van der Waals surface area (Å²) in [7, 11) is 5.54. The van der Waals surface area contributed by atoms with Gasteiger partial charge in [0.1, 0.15) is 17.4 Å². The molecule has 28 heavy (non-hydrogen) atoms. The number of halogens is 1. The van der Waals surface area contributed by atoms with Gasteiger partial charge in [0.15, 0.2) is 0 Å². The van der Waals surface area contributed by atoms with Crippen molar-refractivity contribution in [3.8, 4) is 5.75 Å². The first-order valence-corrected chi connectivity index (χ1v) is 9.85. The van der Waals surface area contributed by atoms with Gasteiger partial charge in [0.2, 0.25) is 5.95 Å². The number of hydrogen-bond acceptors (Lipinski definition) is 6. The highest BCUT2D eigenvalue weighted by atomic mass is 19.1. The van der Waals surface area contributed by atoms with Crippen molar-refractivity contribution in [1.29, 1.82) is 0 Å². The summed E-state index contributed by atoms with van der Waals surface area (Å²) >= 11 is 0. The summed E-state index contributed by atoms with van der Waals surface area (Å²) in [5, 5.41) is 6.87. The van der Waals surface area contributed by atoms with E-state index in [1.54, 1.807) is 25.4 Å². The molecule has 1 aliphatic carbocycles. The van der Waals surface area contributed by atoms with E-state index in [0.29, 0.717) is 35.8 Å². The SMILES string of the molecule is COc1ccc(F)c(CNC[C@H]2CC[C@@H](Nc3nccc(N(C)C)n3)CC2)c1. The third kappa shape index (κ3) is 5.55. The summed E-state index contributed by atoms with van der Waals surface area (Å²) in [6.07, 6.45) is 6.25. The third-order valence-corrected chi connectivity index (χ3v) is 5.28. The van der Waals surface area contributed by atoms with E-state index in [4.69, 9.17) is 4.74 Å². The lowest BCUT2D eigenvalue weighted by molar-refractivity contribution is 0.323. The van der Waals surface area contributed by atoms with E-state index in [2.05, 4.69) is 20.6 Å². The van der Waals surface area contributed by atoms with Crippen LogP contribution < -0.4 is 20.3 Å². The fourth-order valence-corrected chi connectivity index (χ4v) is 3.59. The summed E-state index contributed by atoms with van der Waals surface area (Å²) in [6, 6.07) is 7.17. The van der Waals surface area contributed by atoms with Crippen molar-refractivity contribution >= 4 is 11.8 Å². The molecule has 1 saturated carbocycles. The molecule has 0 atom stereocenters. The molecule has 1 aromatic carbocycles. The zero-order chi connectivity index (χ0) is 19.9. The monoisotopic (exact) mass is 387 g/mol. The molecule has 0 saturated heterocycles. The van der Waals surface area contributed by atoms with Gasteiger partial charge in [-0.1, -0.05) is 0 Å². The number of nitrogens with zero attached hydrogens (tertiary/aromatic N) is 3. The van der Waals surface area contributed by atoms with Crippen molar-refractivity contribution in [3.63, 3.8) is 0 Å². The minimum atomic E-state index is -0.193. The van der Waals surface area contributed by atoms with Gasteiger partial charge in [-0.3, -0.25) is 0 Å². The Labute approximate surface area is 166 Å². The van der Waals surface area contributed by atoms with E-state index >= 15 is 0 Å². The largest absolute Gasteiger partial charge is 0.497 e. The minimum Gasteiger partial charge on any atom is -0.497 e. The number of hydrogen-bond donors (Lipinski definition) is 2. The van der Waals surface area contributed by atoms with Crippen LogP contribution >= 0.6 is 0 Å². The van der Waals surface area contributed by atoms with Crippen LogP contribution in [0.3, 0.4) is 0 Å². The Balaban J connectivity index is 1.41. The lowest BCUT2D eigenvalue weighted by Crippen LogP contribution is -2.31. The van der Waals surface area contributed by atoms with E-state index in [-0.39, 0.29) is 5.82 Å². The number of rotatable bonds is 8. The van der Waals surface area contributed by atoms with E-state index in [1.165, 1.54) is 6.07 Å². The van der Waals surface area contributed by atoms with Gasteiger partial charge in [0, 0.05) is 38.4 Å². The van der Waals surface area contributed by atoms with Crippen LogP contribution in [0, 0.1) is 11.7 Å². The Bertz CT molecular complexity index is 762. The molecule has 0 radical (unpaired) electrons.